The first-order valence-corrected chi connectivity index (χ1v) is 6.06. The Hall–Kier alpha value is -2.28. The molecule has 3 rings (SSSR count). The van der Waals surface area contributed by atoms with Gasteiger partial charge in [0.05, 0.1) is 0 Å². The van der Waals surface area contributed by atoms with Crippen LogP contribution in [0.2, 0.25) is 0 Å². The molecule has 0 unspecified atom stereocenters. The Kier molecular flexibility index (Phi) is 2.73. The molecule has 0 amide bonds. The summed E-state index contributed by atoms with van der Waals surface area (Å²) in [7, 11) is 0. The van der Waals surface area contributed by atoms with Crippen LogP contribution in [0.25, 0.3) is 10.8 Å². The van der Waals surface area contributed by atoms with Gasteiger partial charge in [0.1, 0.15) is 11.5 Å². The largest absolute Gasteiger partial charge is 0.457 e. The second-order valence-corrected chi connectivity index (χ2v) is 4.34. The van der Waals surface area contributed by atoms with Gasteiger partial charge in [0, 0.05) is 5.39 Å². The van der Waals surface area contributed by atoms with Gasteiger partial charge >= 0.3 is 0 Å². The standard InChI is InChI=1S/C17H14O/c1-13-7-5-11-16-15(13)10-6-12-17(16)18-14-8-3-2-4-9-14/h2-12H,1H3. The number of fused-ring (bicyclic) bond motifs is 1. The maximum Gasteiger partial charge on any atom is 0.135 e. The van der Waals surface area contributed by atoms with Crippen molar-refractivity contribution in [3.05, 3.63) is 72.3 Å². The lowest BCUT2D eigenvalue weighted by atomic mass is 10.1. The zero-order valence-corrected chi connectivity index (χ0v) is 10.3. The third-order valence-corrected chi connectivity index (χ3v) is 3.07. The highest BCUT2D eigenvalue weighted by atomic mass is 16.5. The van der Waals surface area contributed by atoms with Crippen molar-refractivity contribution in [3.8, 4) is 11.5 Å². The summed E-state index contributed by atoms with van der Waals surface area (Å²) in [6.45, 7) is 2.12. The van der Waals surface area contributed by atoms with Crippen LogP contribution in [-0.2, 0) is 0 Å². The minimum absolute atomic E-state index is 0.867. The van der Waals surface area contributed by atoms with E-state index in [0.29, 0.717) is 0 Å². The molecule has 0 atom stereocenters. The first-order chi connectivity index (χ1) is 8.84. The smallest absolute Gasteiger partial charge is 0.135 e. The summed E-state index contributed by atoms with van der Waals surface area (Å²) in [6.07, 6.45) is 0. The van der Waals surface area contributed by atoms with Crippen LogP contribution in [0.4, 0.5) is 0 Å². The van der Waals surface area contributed by atoms with E-state index in [-0.39, 0.29) is 0 Å². The molecule has 0 aromatic heterocycles. The minimum Gasteiger partial charge on any atom is -0.457 e. The molecule has 1 heteroatoms. The molecule has 0 saturated heterocycles. The van der Waals surface area contributed by atoms with Crippen LogP contribution >= 0.6 is 0 Å². The summed E-state index contributed by atoms with van der Waals surface area (Å²) in [5.41, 5.74) is 1.27. The van der Waals surface area contributed by atoms with E-state index in [1.54, 1.807) is 0 Å². The maximum absolute atomic E-state index is 5.95. The summed E-state index contributed by atoms with van der Waals surface area (Å²) in [5, 5.41) is 2.40. The quantitative estimate of drug-likeness (QED) is 0.610. The highest BCUT2D eigenvalue weighted by Gasteiger charge is 2.04. The molecule has 0 radical (unpaired) electrons. The molecule has 0 spiro atoms. The van der Waals surface area contributed by atoms with Gasteiger partial charge in [0.2, 0.25) is 0 Å². The second-order valence-electron chi connectivity index (χ2n) is 4.34. The first-order valence-electron chi connectivity index (χ1n) is 6.06. The molecule has 0 heterocycles. The Morgan fingerprint density at radius 2 is 1.39 bits per heavy atom. The van der Waals surface area contributed by atoms with Crippen LogP contribution in [0.1, 0.15) is 5.56 Å². The number of rotatable bonds is 2. The average Bonchev–Trinajstić information content (AvgIpc) is 2.41. The molecular weight excluding hydrogens is 220 g/mol. The first kappa shape index (κ1) is 10.8. The van der Waals surface area contributed by atoms with Crippen molar-refractivity contribution < 1.29 is 4.74 Å². The van der Waals surface area contributed by atoms with Crippen molar-refractivity contribution >= 4 is 10.8 Å². The SMILES string of the molecule is Cc1cccc2c(Oc3ccccc3)cccc12. The van der Waals surface area contributed by atoms with E-state index in [1.165, 1.54) is 10.9 Å². The number of ether oxygens (including phenoxy) is 1. The highest BCUT2D eigenvalue weighted by Crippen LogP contribution is 2.31. The predicted octanol–water partition coefficient (Wildman–Crippen LogP) is 4.94. The lowest BCUT2D eigenvalue weighted by molar-refractivity contribution is 0.488. The lowest BCUT2D eigenvalue weighted by Crippen LogP contribution is -1.86. The van der Waals surface area contributed by atoms with Crippen LogP contribution in [0.3, 0.4) is 0 Å². The van der Waals surface area contributed by atoms with Crippen LogP contribution in [-0.4, -0.2) is 0 Å². The Morgan fingerprint density at radius 1 is 0.667 bits per heavy atom. The molecule has 3 aromatic carbocycles. The molecule has 0 fully saturated rings. The Bertz CT molecular complexity index is 672. The van der Waals surface area contributed by atoms with Crippen molar-refractivity contribution in [2.75, 3.05) is 0 Å². The lowest BCUT2D eigenvalue weighted by Gasteiger charge is -2.10. The fraction of sp³-hybridized carbons (Fsp3) is 0.0588. The van der Waals surface area contributed by atoms with E-state index < -0.39 is 0 Å². The molecule has 0 bridgehead atoms. The topological polar surface area (TPSA) is 9.23 Å². The van der Waals surface area contributed by atoms with E-state index >= 15 is 0 Å². The Morgan fingerprint density at radius 3 is 2.22 bits per heavy atom. The Labute approximate surface area is 107 Å². The molecule has 0 N–H and O–H groups in total. The monoisotopic (exact) mass is 234 g/mol. The number of benzene rings is 3. The van der Waals surface area contributed by atoms with Crippen LogP contribution in [0.5, 0.6) is 11.5 Å². The van der Waals surface area contributed by atoms with Crippen molar-refractivity contribution in [1.29, 1.82) is 0 Å². The molecule has 1 nitrogen and oxygen atoms in total. The van der Waals surface area contributed by atoms with Gasteiger partial charge in [-0.3, -0.25) is 0 Å². The van der Waals surface area contributed by atoms with Crippen molar-refractivity contribution in [1.82, 2.24) is 0 Å². The molecule has 18 heavy (non-hydrogen) atoms. The molecule has 88 valence electrons. The fourth-order valence-electron chi connectivity index (χ4n) is 2.14. The van der Waals surface area contributed by atoms with Gasteiger partial charge in [-0.2, -0.15) is 0 Å². The molecule has 0 saturated carbocycles. The predicted molar refractivity (Wildman–Crippen MR) is 75.2 cm³/mol. The zero-order chi connectivity index (χ0) is 12.4. The summed E-state index contributed by atoms with van der Waals surface area (Å²) in [5.74, 6) is 1.77. The summed E-state index contributed by atoms with van der Waals surface area (Å²) in [6, 6.07) is 22.3. The van der Waals surface area contributed by atoms with Crippen molar-refractivity contribution in [2.45, 2.75) is 6.92 Å². The van der Waals surface area contributed by atoms with Crippen LogP contribution < -0.4 is 4.74 Å². The molecule has 3 aromatic rings. The van der Waals surface area contributed by atoms with E-state index in [9.17, 15) is 0 Å². The third kappa shape index (κ3) is 1.95. The fourth-order valence-corrected chi connectivity index (χ4v) is 2.14. The Balaban J connectivity index is 2.10. The van der Waals surface area contributed by atoms with Crippen LogP contribution in [0, 0.1) is 6.92 Å². The summed E-state index contributed by atoms with van der Waals surface area (Å²) in [4.78, 5) is 0. The van der Waals surface area contributed by atoms with Gasteiger partial charge in [0.15, 0.2) is 0 Å². The molecular formula is C17H14O. The van der Waals surface area contributed by atoms with E-state index in [0.717, 1.165) is 16.9 Å². The average molecular weight is 234 g/mol. The second kappa shape index (κ2) is 4.53. The van der Waals surface area contributed by atoms with E-state index in [4.69, 9.17) is 4.74 Å². The number of hydrogen-bond acceptors (Lipinski definition) is 1. The summed E-state index contributed by atoms with van der Waals surface area (Å²) < 4.78 is 5.95. The maximum atomic E-state index is 5.95. The molecule has 0 aliphatic heterocycles. The van der Waals surface area contributed by atoms with Gasteiger partial charge in [-0.25, -0.2) is 0 Å². The van der Waals surface area contributed by atoms with Gasteiger partial charge in [0.25, 0.3) is 0 Å². The van der Waals surface area contributed by atoms with Gasteiger partial charge in [-0.15, -0.1) is 0 Å². The van der Waals surface area contributed by atoms with Gasteiger partial charge in [-0.1, -0.05) is 48.5 Å². The van der Waals surface area contributed by atoms with Crippen molar-refractivity contribution in [3.63, 3.8) is 0 Å². The highest BCUT2D eigenvalue weighted by molar-refractivity contribution is 5.90. The van der Waals surface area contributed by atoms with Crippen LogP contribution in [0.15, 0.2) is 66.7 Å². The molecule has 0 aliphatic carbocycles. The number of hydrogen-bond donors (Lipinski definition) is 0. The van der Waals surface area contributed by atoms with Gasteiger partial charge < -0.3 is 4.74 Å². The van der Waals surface area contributed by atoms with Gasteiger partial charge in [-0.05, 0) is 36.1 Å². The minimum atomic E-state index is 0.867. The third-order valence-electron chi connectivity index (χ3n) is 3.07. The van der Waals surface area contributed by atoms with E-state index in [2.05, 4.69) is 31.2 Å². The number of aryl methyl sites for hydroxylation is 1. The number of para-hydroxylation sites is 1. The van der Waals surface area contributed by atoms with E-state index in [1.807, 2.05) is 42.5 Å². The normalized spacial score (nSPS) is 10.5. The van der Waals surface area contributed by atoms with Crippen molar-refractivity contribution in [2.24, 2.45) is 0 Å². The summed E-state index contributed by atoms with van der Waals surface area (Å²) >= 11 is 0. The molecule has 0 aliphatic rings. The zero-order valence-electron chi connectivity index (χ0n) is 10.3.